The summed E-state index contributed by atoms with van der Waals surface area (Å²) >= 11 is 0. The summed E-state index contributed by atoms with van der Waals surface area (Å²) in [5.74, 6) is 0. The van der Waals surface area contributed by atoms with Crippen LogP contribution < -0.4 is 0 Å². The second kappa shape index (κ2) is 6.88. The third-order valence-corrected chi connectivity index (χ3v) is 2.81. The molecule has 0 bridgehead atoms. The molecule has 0 radical (unpaired) electrons. The van der Waals surface area contributed by atoms with E-state index in [1.165, 1.54) is 6.07 Å². The van der Waals surface area contributed by atoms with Gasteiger partial charge in [-0.25, -0.2) is 0 Å². The maximum Gasteiger partial charge on any atom is 0.272 e. The Hall–Kier alpha value is -1.72. The molecule has 0 heterocycles. The summed E-state index contributed by atoms with van der Waals surface area (Å²) in [6.07, 6.45) is 1.75. The highest BCUT2D eigenvalue weighted by Gasteiger charge is 2.14. The summed E-state index contributed by atoms with van der Waals surface area (Å²) in [4.78, 5) is 12.5. The third kappa shape index (κ3) is 3.65. The van der Waals surface area contributed by atoms with Crippen molar-refractivity contribution < 1.29 is 10.0 Å². The lowest BCUT2D eigenvalue weighted by Crippen LogP contribution is -2.27. The van der Waals surface area contributed by atoms with Crippen LogP contribution in [0.15, 0.2) is 30.9 Å². The van der Waals surface area contributed by atoms with Crippen molar-refractivity contribution in [1.29, 1.82) is 0 Å². The number of aliphatic hydroxyl groups is 1. The molecule has 0 aromatic heterocycles. The quantitative estimate of drug-likeness (QED) is 0.456. The van der Waals surface area contributed by atoms with Crippen LogP contribution in [-0.4, -0.2) is 34.6 Å². The highest BCUT2D eigenvalue weighted by atomic mass is 16.6. The Kier molecular flexibility index (Phi) is 5.48. The van der Waals surface area contributed by atoms with E-state index in [-0.39, 0.29) is 17.2 Å². The molecule has 5 heteroatoms. The van der Waals surface area contributed by atoms with E-state index in [1.54, 1.807) is 19.1 Å². The number of aliphatic hydroxyl groups excluding tert-OH is 1. The van der Waals surface area contributed by atoms with Gasteiger partial charge in [0.1, 0.15) is 0 Å². The van der Waals surface area contributed by atoms with Gasteiger partial charge in [0.25, 0.3) is 5.69 Å². The van der Waals surface area contributed by atoms with Crippen LogP contribution in [-0.2, 0) is 6.54 Å². The molecule has 18 heavy (non-hydrogen) atoms. The maximum absolute atomic E-state index is 10.8. The van der Waals surface area contributed by atoms with Gasteiger partial charge >= 0.3 is 0 Å². The first-order chi connectivity index (χ1) is 8.60. The zero-order valence-electron chi connectivity index (χ0n) is 10.5. The zero-order chi connectivity index (χ0) is 13.5. The van der Waals surface area contributed by atoms with Crippen molar-refractivity contribution in [3.63, 3.8) is 0 Å². The number of hydrogen-bond acceptors (Lipinski definition) is 4. The van der Waals surface area contributed by atoms with Gasteiger partial charge in [0.2, 0.25) is 0 Å². The van der Waals surface area contributed by atoms with Crippen LogP contribution in [0.25, 0.3) is 0 Å². The van der Waals surface area contributed by atoms with Crippen LogP contribution in [0.1, 0.15) is 11.1 Å². The fraction of sp³-hybridized carbons (Fsp3) is 0.385. The second-order valence-electron chi connectivity index (χ2n) is 4.07. The second-order valence-corrected chi connectivity index (χ2v) is 4.07. The van der Waals surface area contributed by atoms with Crippen molar-refractivity contribution in [1.82, 2.24) is 4.90 Å². The Labute approximate surface area is 107 Å². The van der Waals surface area contributed by atoms with Gasteiger partial charge in [0.15, 0.2) is 0 Å². The van der Waals surface area contributed by atoms with E-state index in [0.717, 1.165) is 5.56 Å². The van der Waals surface area contributed by atoms with Crippen molar-refractivity contribution in [3.8, 4) is 0 Å². The fourth-order valence-corrected chi connectivity index (χ4v) is 1.84. The molecule has 0 fully saturated rings. The van der Waals surface area contributed by atoms with E-state index in [4.69, 9.17) is 5.11 Å². The molecule has 1 rings (SSSR count). The van der Waals surface area contributed by atoms with E-state index >= 15 is 0 Å². The normalized spacial score (nSPS) is 10.6. The van der Waals surface area contributed by atoms with E-state index in [9.17, 15) is 10.1 Å². The molecule has 0 aliphatic rings. The van der Waals surface area contributed by atoms with Crippen LogP contribution in [0.2, 0.25) is 0 Å². The number of nitrogens with zero attached hydrogens (tertiary/aromatic N) is 2. The number of nitro groups is 1. The van der Waals surface area contributed by atoms with Gasteiger partial charge in [-0.1, -0.05) is 18.2 Å². The zero-order valence-corrected chi connectivity index (χ0v) is 10.5. The van der Waals surface area contributed by atoms with Crippen molar-refractivity contribution in [3.05, 3.63) is 52.1 Å². The molecular weight excluding hydrogens is 232 g/mol. The lowest BCUT2D eigenvalue weighted by Gasteiger charge is -2.20. The molecule has 5 nitrogen and oxygen atoms in total. The molecule has 1 aromatic carbocycles. The standard InChI is InChI=1S/C13H18N2O3/c1-3-7-14(8-9-16)10-12-5-4-6-13(11(12)2)15(17)18/h3-6,16H,1,7-10H2,2H3. The summed E-state index contributed by atoms with van der Waals surface area (Å²) < 4.78 is 0. The third-order valence-electron chi connectivity index (χ3n) is 2.81. The minimum absolute atomic E-state index is 0.0574. The predicted molar refractivity (Wildman–Crippen MR) is 70.4 cm³/mol. The summed E-state index contributed by atoms with van der Waals surface area (Å²) in [6.45, 7) is 7.20. The van der Waals surface area contributed by atoms with Crippen molar-refractivity contribution in [2.24, 2.45) is 0 Å². The Balaban J connectivity index is 2.91. The summed E-state index contributed by atoms with van der Waals surface area (Å²) in [5.41, 5.74) is 1.71. The minimum Gasteiger partial charge on any atom is -0.395 e. The summed E-state index contributed by atoms with van der Waals surface area (Å²) in [5, 5.41) is 19.8. The van der Waals surface area contributed by atoms with Gasteiger partial charge in [-0.15, -0.1) is 6.58 Å². The Morgan fingerprint density at radius 2 is 2.28 bits per heavy atom. The van der Waals surface area contributed by atoms with Gasteiger partial charge < -0.3 is 5.11 Å². The predicted octanol–water partition coefficient (Wildman–Crippen LogP) is 1.88. The SMILES string of the molecule is C=CCN(CCO)Cc1cccc([N+](=O)[O-])c1C. The van der Waals surface area contributed by atoms with E-state index in [1.807, 2.05) is 11.0 Å². The van der Waals surface area contributed by atoms with Crippen LogP contribution in [0, 0.1) is 17.0 Å². The average molecular weight is 250 g/mol. The lowest BCUT2D eigenvalue weighted by atomic mass is 10.1. The highest BCUT2D eigenvalue weighted by Crippen LogP contribution is 2.22. The van der Waals surface area contributed by atoms with E-state index in [2.05, 4.69) is 6.58 Å². The first-order valence-corrected chi connectivity index (χ1v) is 5.77. The smallest absolute Gasteiger partial charge is 0.272 e. The molecule has 98 valence electrons. The summed E-state index contributed by atoms with van der Waals surface area (Å²) in [6, 6.07) is 5.06. The fourth-order valence-electron chi connectivity index (χ4n) is 1.84. The molecule has 0 atom stereocenters. The number of hydrogen-bond donors (Lipinski definition) is 1. The Morgan fingerprint density at radius 1 is 1.56 bits per heavy atom. The van der Waals surface area contributed by atoms with Crippen LogP contribution in [0.4, 0.5) is 5.69 Å². The maximum atomic E-state index is 10.8. The van der Waals surface area contributed by atoms with Crippen LogP contribution in [0.5, 0.6) is 0 Å². The van der Waals surface area contributed by atoms with Crippen molar-refractivity contribution in [2.45, 2.75) is 13.5 Å². The van der Waals surface area contributed by atoms with Crippen LogP contribution >= 0.6 is 0 Å². The monoisotopic (exact) mass is 250 g/mol. The van der Waals surface area contributed by atoms with Crippen LogP contribution in [0.3, 0.4) is 0 Å². The molecule has 0 saturated carbocycles. The Morgan fingerprint density at radius 3 is 2.83 bits per heavy atom. The number of benzene rings is 1. The molecule has 0 aliphatic carbocycles. The largest absolute Gasteiger partial charge is 0.395 e. The number of nitro benzene ring substituents is 1. The summed E-state index contributed by atoms with van der Waals surface area (Å²) in [7, 11) is 0. The topological polar surface area (TPSA) is 66.6 Å². The molecule has 0 unspecified atom stereocenters. The van der Waals surface area contributed by atoms with Crippen molar-refractivity contribution in [2.75, 3.05) is 19.7 Å². The average Bonchev–Trinajstić information content (AvgIpc) is 2.32. The first-order valence-electron chi connectivity index (χ1n) is 5.77. The lowest BCUT2D eigenvalue weighted by molar-refractivity contribution is -0.385. The van der Waals surface area contributed by atoms with Gasteiger partial charge in [-0.05, 0) is 12.5 Å². The highest BCUT2D eigenvalue weighted by molar-refractivity contribution is 5.44. The minimum atomic E-state index is -0.372. The first kappa shape index (κ1) is 14.3. The molecule has 0 saturated heterocycles. The van der Waals surface area contributed by atoms with Gasteiger partial charge in [-0.3, -0.25) is 15.0 Å². The molecule has 0 aliphatic heterocycles. The van der Waals surface area contributed by atoms with Gasteiger partial charge in [0, 0.05) is 31.3 Å². The molecule has 0 spiro atoms. The molecule has 1 aromatic rings. The molecular formula is C13H18N2O3. The van der Waals surface area contributed by atoms with E-state index in [0.29, 0.717) is 25.2 Å². The van der Waals surface area contributed by atoms with Gasteiger partial charge in [-0.2, -0.15) is 0 Å². The molecule has 0 amide bonds. The molecule has 1 N–H and O–H groups in total. The van der Waals surface area contributed by atoms with Crippen molar-refractivity contribution >= 4 is 5.69 Å². The van der Waals surface area contributed by atoms with Gasteiger partial charge in [0.05, 0.1) is 11.5 Å². The Bertz CT molecular complexity index is 432. The number of rotatable bonds is 7. The van der Waals surface area contributed by atoms with E-state index < -0.39 is 0 Å².